The lowest BCUT2D eigenvalue weighted by molar-refractivity contribution is -0.385. The zero-order chi connectivity index (χ0) is 16.9. The molecule has 22 heavy (non-hydrogen) atoms. The van der Waals surface area contributed by atoms with Crippen molar-refractivity contribution in [3.8, 4) is 17.6 Å². The molecule has 0 heterocycles. The highest BCUT2D eigenvalue weighted by Gasteiger charge is 2.24. The van der Waals surface area contributed by atoms with E-state index in [9.17, 15) is 10.1 Å². The average Bonchev–Trinajstić information content (AvgIpc) is 2.46. The van der Waals surface area contributed by atoms with Gasteiger partial charge in [0.15, 0.2) is 11.6 Å². The van der Waals surface area contributed by atoms with Crippen molar-refractivity contribution in [2.24, 2.45) is 10.8 Å². The molecule has 116 valence electrons. The van der Waals surface area contributed by atoms with Crippen LogP contribution in [0.4, 0.5) is 11.4 Å². The van der Waals surface area contributed by atoms with Gasteiger partial charge < -0.3 is 15.2 Å². The molecule has 0 amide bonds. The van der Waals surface area contributed by atoms with Crippen LogP contribution in [0.1, 0.15) is 5.56 Å². The van der Waals surface area contributed by atoms with Crippen molar-refractivity contribution in [3.63, 3.8) is 0 Å². The number of ether oxygens (including phenoxy) is 2. The Morgan fingerprint density at radius 3 is 2.50 bits per heavy atom. The topological polar surface area (TPSA) is 160 Å². The number of hydrogen-bond acceptors (Lipinski definition) is 8. The number of nitriles is 1. The molecule has 0 spiro atoms. The largest absolute Gasteiger partial charge is 0.494 e. The summed E-state index contributed by atoms with van der Waals surface area (Å²) in [5.74, 6) is -0.218. The molecule has 0 fully saturated rings. The van der Waals surface area contributed by atoms with E-state index >= 15 is 0 Å². The van der Waals surface area contributed by atoms with Gasteiger partial charge in [-0.15, -0.1) is 0 Å². The molecule has 1 rings (SSSR count). The number of nitrogens with zero attached hydrogens (tertiary/aromatic N) is 3. The maximum Gasteiger partial charge on any atom is 0.313 e. The van der Waals surface area contributed by atoms with E-state index < -0.39 is 10.8 Å². The summed E-state index contributed by atoms with van der Waals surface area (Å²) < 4.78 is 10.2. The summed E-state index contributed by atoms with van der Waals surface area (Å²) in [6, 6.07) is 2.78. The monoisotopic (exact) mass is 306 g/mol. The fraction of sp³-hybridized carbons (Fsp3) is 0.250. The number of anilines is 1. The number of hydrogen-bond donors (Lipinski definition) is 3. The summed E-state index contributed by atoms with van der Waals surface area (Å²) in [5, 5.41) is 30.7. The third kappa shape index (κ3) is 3.21. The Labute approximate surface area is 125 Å². The first kappa shape index (κ1) is 16.7. The molecule has 0 radical (unpaired) electrons. The smallest absolute Gasteiger partial charge is 0.313 e. The van der Waals surface area contributed by atoms with Crippen LogP contribution in [0, 0.1) is 33.8 Å². The summed E-state index contributed by atoms with van der Waals surface area (Å²) in [7, 11) is 2.68. The van der Waals surface area contributed by atoms with E-state index in [0.717, 1.165) is 6.07 Å². The lowest BCUT2D eigenvalue weighted by atomic mass is 10.1. The average molecular weight is 306 g/mol. The van der Waals surface area contributed by atoms with Crippen molar-refractivity contribution < 1.29 is 14.4 Å². The zero-order valence-electron chi connectivity index (χ0n) is 12.1. The zero-order valence-corrected chi connectivity index (χ0v) is 12.1. The van der Waals surface area contributed by atoms with Crippen LogP contribution in [0.25, 0.3) is 0 Å². The van der Waals surface area contributed by atoms with Crippen LogP contribution in [-0.2, 0) is 0 Å². The third-order valence-corrected chi connectivity index (χ3v) is 2.69. The molecule has 10 nitrogen and oxygen atoms in total. The first-order valence-electron chi connectivity index (χ1n) is 5.85. The number of nitro groups is 1. The van der Waals surface area contributed by atoms with E-state index in [1.54, 1.807) is 13.0 Å². The van der Waals surface area contributed by atoms with Gasteiger partial charge in [-0.2, -0.15) is 10.4 Å². The highest BCUT2D eigenvalue weighted by atomic mass is 16.6. The maximum absolute atomic E-state index is 11.1. The fourth-order valence-electron chi connectivity index (χ4n) is 1.77. The molecule has 0 saturated heterocycles. The van der Waals surface area contributed by atoms with Crippen LogP contribution in [-0.4, -0.2) is 30.7 Å². The molecule has 1 aromatic rings. The molecule has 0 aromatic heterocycles. The predicted molar refractivity (Wildman–Crippen MR) is 79.5 cm³/mol. The van der Waals surface area contributed by atoms with Crippen LogP contribution in [0.2, 0.25) is 0 Å². The van der Waals surface area contributed by atoms with Gasteiger partial charge in [-0.3, -0.25) is 20.9 Å². The Bertz CT molecular complexity index is 692. The maximum atomic E-state index is 11.1. The molecular formula is C12H14N6O4. The van der Waals surface area contributed by atoms with E-state index in [2.05, 4.69) is 10.5 Å². The van der Waals surface area contributed by atoms with Crippen molar-refractivity contribution in [1.29, 1.82) is 10.7 Å². The fourth-order valence-corrected chi connectivity index (χ4v) is 1.77. The van der Waals surface area contributed by atoms with Gasteiger partial charge in [0.2, 0.25) is 11.5 Å². The second kappa shape index (κ2) is 6.89. The number of amidine groups is 1. The van der Waals surface area contributed by atoms with Gasteiger partial charge in [-0.05, 0) is 6.92 Å². The van der Waals surface area contributed by atoms with E-state index in [1.165, 1.54) is 14.2 Å². The number of benzene rings is 1. The van der Waals surface area contributed by atoms with Crippen molar-refractivity contribution >= 4 is 22.9 Å². The molecule has 0 atom stereocenters. The minimum absolute atomic E-state index is 0.0588. The van der Waals surface area contributed by atoms with Gasteiger partial charge in [0.25, 0.3) is 0 Å². The van der Waals surface area contributed by atoms with Crippen molar-refractivity contribution in [1.82, 2.24) is 0 Å². The molecule has 4 N–H and O–H groups in total. The Morgan fingerprint density at radius 1 is 1.50 bits per heavy atom. The van der Waals surface area contributed by atoms with Gasteiger partial charge in [0, 0.05) is 11.6 Å². The van der Waals surface area contributed by atoms with Crippen LogP contribution >= 0.6 is 0 Å². The number of hydrazone groups is 1. The lowest BCUT2D eigenvalue weighted by Crippen LogP contribution is -2.22. The molecule has 0 aliphatic carbocycles. The second-order valence-electron chi connectivity index (χ2n) is 3.99. The molecule has 0 unspecified atom stereocenters. The van der Waals surface area contributed by atoms with Crippen molar-refractivity contribution in [3.05, 3.63) is 21.7 Å². The highest BCUT2D eigenvalue weighted by Crippen LogP contribution is 2.42. The predicted octanol–water partition coefficient (Wildman–Crippen LogP) is 1.15. The third-order valence-electron chi connectivity index (χ3n) is 2.69. The Kier molecular flexibility index (Phi) is 5.23. The van der Waals surface area contributed by atoms with Crippen molar-refractivity contribution in [2.45, 2.75) is 6.92 Å². The molecule has 0 bridgehead atoms. The Balaban J connectivity index is 3.45. The van der Waals surface area contributed by atoms with Crippen LogP contribution in [0.15, 0.2) is 11.2 Å². The SMILES string of the molecule is COc1c(N/N=C(\C#N)C(=N)N)cc([N+](=O)[O-])c(OC)c1C. The van der Waals surface area contributed by atoms with Crippen LogP contribution in [0.5, 0.6) is 11.5 Å². The molecule has 1 aromatic carbocycles. The van der Waals surface area contributed by atoms with E-state index in [0.29, 0.717) is 5.56 Å². The van der Waals surface area contributed by atoms with Crippen LogP contribution in [0.3, 0.4) is 0 Å². The standard InChI is InChI=1S/C12H14N6O4/c1-6-10(21-2)7(16-17-8(5-13)12(14)15)4-9(18(19)20)11(6)22-3/h4,16H,1-3H3,(H3,14,15)/b17-8+. The molecule has 0 aliphatic heterocycles. The highest BCUT2D eigenvalue weighted by molar-refractivity contribution is 6.45. The number of methoxy groups -OCH3 is 2. The van der Waals surface area contributed by atoms with E-state index in [4.69, 9.17) is 25.9 Å². The number of nitrogens with one attached hydrogen (secondary N) is 2. The lowest BCUT2D eigenvalue weighted by Gasteiger charge is -2.14. The van der Waals surface area contributed by atoms with Gasteiger partial charge in [-0.1, -0.05) is 0 Å². The second-order valence-corrected chi connectivity index (χ2v) is 3.99. The number of rotatable bonds is 6. The minimum Gasteiger partial charge on any atom is -0.494 e. The van der Waals surface area contributed by atoms with Gasteiger partial charge in [-0.25, -0.2) is 0 Å². The summed E-state index contributed by atoms with van der Waals surface area (Å²) in [4.78, 5) is 10.5. The van der Waals surface area contributed by atoms with Gasteiger partial charge in [0.1, 0.15) is 11.8 Å². The molecule has 0 saturated carbocycles. The summed E-state index contributed by atoms with van der Waals surface area (Å²) in [6.45, 7) is 1.58. The number of nitro benzene ring substituents is 1. The molecular weight excluding hydrogens is 292 g/mol. The summed E-state index contributed by atoms with van der Waals surface area (Å²) >= 11 is 0. The van der Waals surface area contributed by atoms with E-state index in [-0.39, 0.29) is 28.6 Å². The Morgan fingerprint density at radius 2 is 2.09 bits per heavy atom. The van der Waals surface area contributed by atoms with Crippen LogP contribution < -0.4 is 20.6 Å². The normalized spacial score (nSPS) is 10.5. The Hall–Kier alpha value is -3.35. The molecule has 0 aliphatic rings. The minimum atomic E-state index is -0.615. The first-order valence-corrected chi connectivity index (χ1v) is 5.85. The molecule has 10 heteroatoms. The van der Waals surface area contributed by atoms with Crippen molar-refractivity contribution in [2.75, 3.05) is 19.6 Å². The summed E-state index contributed by atoms with van der Waals surface area (Å²) in [6.07, 6.45) is 0. The van der Waals surface area contributed by atoms with Gasteiger partial charge in [0.05, 0.1) is 19.1 Å². The van der Waals surface area contributed by atoms with E-state index in [1.807, 2.05) is 0 Å². The first-order chi connectivity index (χ1) is 10.4. The number of nitrogens with two attached hydrogens (primary N) is 1. The van der Waals surface area contributed by atoms with Gasteiger partial charge >= 0.3 is 5.69 Å². The summed E-state index contributed by atoms with van der Waals surface area (Å²) in [5.41, 5.74) is 7.48. The quantitative estimate of drug-likeness (QED) is 0.307.